The van der Waals surface area contributed by atoms with Crippen LogP contribution in [0.15, 0.2) is 41.2 Å². The number of hydrogen-bond donors (Lipinski definition) is 1. The number of rotatable bonds is 6. The third-order valence-corrected chi connectivity index (χ3v) is 3.99. The first-order valence-corrected chi connectivity index (χ1v) is 8.80. The number of nitrogens with zero attached hydrogens (tertiary/aromatic N) is 3. The number of aromatic nitrogens is 3. The fourth-order valence-corrected chi connectivity index (χ4v) is 2.45. The zero-order valence-electron chi connectivity index (χ0n) is 16.3. The molecule has 0 aliphatic carbocycles. The highest BCUT2D eigenvalue weighted by Crippen LogP contribution is 2.29. The number of esters is 1. The van der Waals surface area contributed by atoms with Gasteiger partial charge < -0.3 is 19.3 Å². The Morgan fingerprint density at radius 2 is 1.97 bits per heavy atom. The highest BCUT2D eigenvalue weighted by Gasteiger charge is 2.38. The van der Waals surface area contributed by atoms with E-state index in [2.05, 4.69) is 29.7 Å². The third-order valence-electron chi connectivity index (χ3n) is 3.99. The van der Waals surface area contributed by atoms with Gasteiger partial charge in [0.2, 0.25) is 5.82 Å². The minimum absolute atomic E-state index is 0.0361. The van der Waals surface area contributed by atoms with E-state index in [1.807, 2.05) is 0 Å². The molecule has 2 heterocycles. The topological polar surface area (TPSA) is 116 Å². The van der Waals surface area contributed by atoms with Crippen LogP contribution in [0.4, 0.5) is 22.4 Å². The molecule has 0 fully saturated rings. The van der Waals surface area contributed by atoms with Gasteiger partial charge in [-0.1, -0.05) is 17.3 Å². The number of alkyl carbamates (subject to hydrolysis) is 1. The van der Waals surface area contributed by atoms with Gasteiger partial charge in [-0.2, -0.15) is 18.2 Å². The second-order valence-electron chi connectivity index (χ2n) is 6.23. The molecule has 0 aliphatic heterocycles. The van der Waals surface area contributed by atoms with Gasteiger partial charge >= 0.3 is 24.1 Å². The maximum Gasteiger partial charge on any atom is 0.471 e. The maximum absolute atomic E-state index is 14.3. The minimum atomic E-state index is -4.81. The normalized spacial score (nSPS) is 11.2. The average Bonchev–Trinajstić information content (AvgIpc) is 3.27. The van der Waals surface area contributed by atoms with Crippen LogP contribution in [0.5, 0.6) is 0 Å². The summed E-state index contributed by atoms with van der Waals surface area (Å²) >= 11 is 0. The minimum Gasteiger partial charge on any atom is -0.465 e. The summed E-state index contributed by atoms with van der Waals surface area (Å²) in [6.45, 7) is -0.462. The SMILES string of the molecule is COC(=O)c1cncc(COC(=O)NCc2ccc(-c3noc(C(F)(F)F)n3)cc2F)c1. The fraction of sp³-hybridized carbons (Fsp3) is 0.211. The van der Waals surface area contributed by atoms with E-state index >= 15 is 0 Å². The molecule has 1 aromatic carbocycles. The molecule has 0 unspecified atom stereocenters. The summed E-state index contributed by atoms with van der Waals surface area (Å²) in [5.74, 6) is -3.39. The summed E-state index contributed by atoms with van der Waals surface area (Å²) < 4.78 is 65.5. The van der Waals surface area contributed by atoms with Crippen LogP contribution in [0.1, 0.15) is 27.4 Å². The number of pyridine rings is 1. The Bertz CT molecular complexity index is 1130. The lowest BCUT2D eigenvalue weighted by Crippen LogP contribution is -2.24. The van der Waals surface area contributed by atoms with Crippen LogP contribution < -0.4 is 5.32 Å². The van der Waals surface area contributed by atoms with E-state index in [1.165, 1.54) is 37.7 Å². The molecule has 3 aromatic rings. The van der Waals surface area contributed by atoms with Crippen LogP contribution >= 0.6 is 0 Å². The van der Waals surface area contributed by atoms with Crippen molar-refractivity contribution in [1.82, 2.24) is 20.4 Å². The lowest BCUT2D eigenvalue weighted by molar-refractivity contribution is -0.159. The molecule has 168 valence electrons. The smallest absolute Gasteiger partial charge is 0.465 e. The maximum atomic E-state index is 14.3. The molecule has 0 spiro atoms. The number of alkyl halides is 3. The van der Waals surface area contributed by atoms with Gasteiger partial charge in [0.05, 0.1) is 12.7 Å². The second-order valence-corrected chi connectivity index (χ2v) is 6.23. The van der Waals surface area contributed by atoms with Gasteiger partial charge in [0.1, 0.15) is 12.4 Å². The van der Waals surface area contributed by atoms with Crippen LogP contribution in [-0.4, -0.2) is 34.3 Å². The standard InChI is InChI=1S/C19H14F4N4O5/c1-30-16(28)13-4-10(6-24-7-13)9-31-18(29)25-8-12-3-2-11(5-14(12)20)15-26-17(32-27-15)19(21,22)23/h2-7H,8-9H2,1H3,(H,25,29). The molecule has 0 saturated heterocycles. The van der Waals surface area contributed by atoms with E-state index in [9.17, 15) is 27.2 Å². The molecule has 0 radical (unpaired) electrons. The second kappa shape index (κ2) is 9.41. The van der Waals surface area contributed by atoms with E-state index in [0.29, 0.717) is 5.56 Å². The molecular weight excluding hydrogens is 440 g/mol. The third kappa shape index (κ3) is 5.56. The van der Waals surface area contributed by atoms with Gasteiger partial charge in [0.25, 0.3) is 0 Å². The molecule has 2 aromatic heterocycles. The zero-order chi connectivity index (χ0) is 23.3. The van der Waals surface area contributed by atoms with Crippen molar-refractivity contribution in [2.75, 3.05) is 7.11 Å². The summed E-state index contributed by atoms with van der Waals surface area (Å²) in [6, 6.07) is 4.88. The number of methoxy groups -OCH3 is 1. The number of carbonyl (C=O) groups excluding carboxylic acids is 2. The number of nitrogens with one attached hydrogen (secondary N) is 1. The van der Waals surface area contributed by atoms with Crippen LogP contribution in [-0.2, 0) is 28.8 Å². The van der Waals surface area contributed by atoms with Gasteiger partial charge in [-0.25, -0.2) is 14.0 Å². The van der Waals surface area contributed by atoms with Crippen LogP contribution in [0.3, 0.4) is 0 Å². The van der Waals surface area contributed by atoms with E-state index in [4.69, 9.17) is 4.74 Å². The van der Waals surface area contributed by atoms with Gasteiger partial charge in [-0.05, 0) is 12.1 Å². The Morgan fingerprint density at radius 3 is 2.62 bits per heavy atom. The molecular formula is C19H14F4N4O5. The van der Waals surface area contributed by atoms with E-state index in [-0.39, 0.29) is 29.8 Å². The summed E-state index contributed by atoms with van der Waals surface area (Å²) in [7, 11) is 1.21. The molecule has 1 N–H and O–H groups in total. The Hall–Kier alpha value is -4.03. The lowest BCUT2D eigenvalue weighted by Gasteiger charge is -2.09. The molecule has 3 rings (SSSR count). The van der Waals surface area contributed by atoms with Crippen molar-refractivity contribution in [3.05, 3.63) is 65.1 Å². The van der Waals surface area contributed by atoms with Gasteiger partial charge in [-0.3, -0.25) is 4.98 Å². The van der Waals surface area contributed by atoms with E-state index in [1.54, 1.807) is 0 Å². The summed E-state index contributed by atoms with van der Waals surface area (Å²) in [5.41, 5.74) is 0.614. The van der Waals surface area contributed by atoms with Crippen molar-refractivity contribution < 1.29 is 41.1 Å². The molecule has 32 heavy (non-hydrogen) atoms. The molecule has 9 nitrogen and oxygen atoms in total. The number of ether oxygens (including phenoxy) is 2. The average molecular weight is 454 g/mol. The van der Waals surface area contributed by atoms with Crippen molar-refractivity contribution in [3.63, 3.8) is 0 Å². The van der Waals surface area contributed by atoms with Crippen molar-refractivity contribution in [3.8, 4) is 11.4 Å². The van der Waals surface area contributed by atoms with Gasteiger partial charge in [0.15, 0.2) is 0 Å². The number of halogens is 4. The number of hydrogen-bond acceptors (Lipinski definition) is 8. The number of amides is 1. The van der Waals surface area contributed by atoms with E-state index in [0.717, 1.165) is 6.07 Å². The van der Waals surface area contributed by atoms with Gasteiger partial charge in [-0.15, -0.1) is 0 Å². The highest BCUT2D eigenvalue weighted by molar-refractivity contribution is 5.89. The number of benzene rings is 1. The summed E-state index contributed by atoms with van der Waals surface area (Å²) in [5, 5.41) is 5.51. The van der Waals surface area contributed by atoms with Crippen LogP contribution in [0.2, 0.25) is 0 Å². The molecule has 0 saturated carbocycles. The van der Waals surface area contributed by atoms with E-state index < -0.39 is 35.8 Å². The molecule has 0 aliphatic rings. The first kappa shape index (κ1) is 22.7. The fourth-order valence-electron chi connectivity index (χ4n) is 2.45. The Kier molecular flexibility index (Phi) is 6.66. The quantitative estimate of drug-likeness (QED) is 0.444. The molecule has 1 amide bonds. The first-order valence-electron chi connectivity index (χ1n) is 8.80. The van der Waals surface area contributed by atoms with Crippen molar-refractivity contribution in [1.29, 1.82) is 0 Å². The Morgan fingerprint density at radius 1 is 1.19 bits per heavy atom. The monoisotopic (exact) mass is 454 g/mol. The first-order chi connectivity index (χ1) is 15.2. The Balaban J connectivity index is 1.56. The van der Waals surface area contributed by atoms with Crippen molar-refractivity contribution in [2.45, 2.75) is 19.3 Å². The summed E-state index contributed by atoms with van der Waals surface area (Å²) in [4.78, 5) is 30.4. The van der Waals surface area contributed by atoms with Crippen molar-refractivity contribution >= 4 is 12.1 Å². The van der Waals surface area contributed by atoms with Crippen molar-refractivity contribution in [2.24, 2.45) is 0 Å². The largest absolute Gasteiger partial charge is 0.471 e. The zero-order valence-corrected chi connectivity index (χ0v) is 16.3. The molecule has 13 heteroatoms. The summed E-state index contributed by atoms with van der Waals surface area (Å²) in [6.07, 6.45) is -3.00. The predicted octanol–water partition coefficient (Wildman–Crippen LogP) is 3.50. The molecule has 0 atom stereocenters. The Labute approximate surface area is 177 Å². The highest BCUT2D eigenvalue weighted by atomic mass is 19.4. The van der Waals surface area contributed by atoms with Crippen LogP contribution in [0, 0.1) is 5.82 Å². The predicted molar refractivity (Wildman–Crippen MR) is 97.3 cm³/mol. The van der Waals surface area contributed by atoms with Crippen LogP contribution in [0.25, 0.3) is 11.4 Å². The molecule has 0 bridgehead atoms. The lowest BCUT2D eigenvalue weighted by atomic mass is 10.1. The number of carbonyl (C=O) groups is 2. The van der Waals surface area contributed by atoms with Gasteiger partial charge in [0, 0.05) is 35.6 Å².